The lowest BCUT2D eigenvalue weighted by Gasteiger charge is -2.13. The van der Waals surface area contributed by atoms with Crippen LogP contribution in [0.25, 0.3) is 11.3 Å². The van der Waals surface area contributed by atoms with Crippen LogP contribution in [0, 0.1) is 0 Å². The van der Waals surface area contributed by atoms with Gasteiger partial charge in [-0.1, -0.05) is 42.5 Å². The van der Waals surface area contributed by atoms with Crippen LogP contribution in [0.15, 0.2) is 60.7 Å². The van der Waals surface area contributed by atoms with E-state index in [0.717, 1.165) is 11.6 Å². The number of anilines is 2. The molecule has 0 saturated carbocycles. The zero-order valence-corrected chi connectivity index (χ0v) is 12.8. The molecule has 0 spiro atoms. The van der Waals surface area contributed by atoms with Crippen LogP contribution in [0.2, 0.25) is 0 Å². The van der Waals surface area contributed by atoms with Crippen molar-refractivity contribution in [3.05, 3.63) is 66.2 Å². The lowest BCUT2D eigenvalue weighted by Crippen LogP contribution is -2.22. The van der Waals surface area contributed by atoms with Crippen molar-refractivity contribution in [2.24, 2.45) is 0 Å². The lowest BCUT2D eigenvalue weighted by atomic mass is 10.1. The van der Waals surface area contributed by atoms with E-state index in [9.17, 15) is 18.0 Å². The molecule has 2 aromatic carbocycles. The number of carbonyl (C=O) groups excluding carboxylic acids is 1. The summed E-state index contributed by atoms with van der Waals surface area (Å²) in [6.45, 7) is 0. The van der Waals surface area contributed by atoms with Crippen molar-refractivity contribution in [1.82, 2.24) is 10.2 Å². The summed E-state index contributed by atoms with van der Waals surface area (Å²) in [7, 11) is 0. The standard InChI is InChI=1S/C17H13F3N4O/c18-17(19,20)12-8-4-5-9-13(12)21-16(25)22-15-10-14(23-24-15)11-6-2-1-3-7-11/h1-10H,(H3,21,22,23,24,25). The second kappa shape index (κ2) is 6.68. The van der Waals surface area contributed by atoms with Crippen LogP contribution in [-0.2, 0) is 6.18 Å². The van der Waals surface area contributed by atoms with Crippen molar-refractivity contribution >= 4 is 17.5 Å². The smallest absolute Gasteiger partial charge is 0.307 e. The third kappa shape index (κ3) is 3.97. The number of halogens is 3. The third-order valence-electron chi connectivity index (χ3n) is 3.38. The van der Waals surface area contributed by atoms with E-state index in [4.69, 9.17) is 0 Å². The Morgan fingerprint density at radius 1 is 0.960 bits per heavy atom. The van der Waals surface area contributed by atoms with Crippen molar-refractivity contribution in [3.8, 4) is 11.3 Å². The minimum atomic E-state index is -4.56. The molecule has 128 valence electrons. The first-order valence-corrected chi connectivity index (χ1v) is 7.28. The highest BCUT2D eigenvalue weighted by molar-refractivity contribution is 6.00. The molecule has 0 aliphatic heterocycles. The van der Waals surface area contributed by atoms with Gasteiger partial charge in [0.05, 0.1) is 16.9 Å². The first-order valence-electron chi connectivity index (χ1n) is 7.28. The third-order valence-corrected chi connectivity index (χ3v) is 3.38. The number of nitrogens with zero attached hydrogens (tertiary/aromatic N) is 1. The first-order chi connectivity index (χ1) is 11.9. The van der Waals surface area contributed by atoms with Crippen LogP contribution in [0.4, 0.5) is 29.5 Å². The number of H-pyrrole nitrogens is 1. The van der Waals surface area contributed by atoms with E-state index >= 15 is 0 Å². The van der Waals surface area contributed by atoms with Crippen molar-refractivity contribution in [3.63, 3.8) is 0 Å². The Labute approximate surface area is 140 Å². The molecule has 25 heavy (non-hydrogen) atoms. The van der Waals surface area contributed by atoms with Gasteiger partial charge in [0.1, 0.15) is 0 Å². The molecule has 3 rings (SSSR count). The number of rotatable bonds is 3. The lowest BCUT2D eigenvalue weighted by molar-refractivity contribution is -0.136. The zero-order valence-electron chi connectivity index (χ0n) is 12.8. The van der Waals surface area contributed by atoms with Gasteiger partial charge in [0.15, 0.2) is 5.82 Å². The summed E-state index contributed by atoms with van der Waals surface area (Å²) in [5.74, 6) is 0.195. The molecule has 8 heteroatoms. The predicted octanol–water partition coefficient (Wildman–Crippen LogP) is 4.74. The van der Waals surface area contributed by atoms with E-state index < -0.39 is 17.8 Å². The van der Waals surface area contributed by atoms with Crippen molar-refractivity contribution < 1.29 is 18.0 Å². The first kappa shape index (κ1) is 16.6. The number of amides is 2. The van der Waals surface area contributed by atoms with Gasteiger partial charge < -0.3 is 5.32 Å². The van der Waals surface area contributed by atoms with Gasteiger partial charge in [-0.2, -0.15) is 18.3 Å². The molecular weight excluding hydrogens is 333 g/mol. The highest BCUT2D eigenvalue weighted by Gasteiger charge is 2.33. The normalized spacial score (nSPS) is 11.2. The van der Waals surface area contributed by atoms with Gasteiger partial charge in [-0.25, -0.2) is 4.79 Å². The maximum absolute atomic E-state index is 12.9. The molecule has 1 aromatic heterocycles. The summed E-state index contributed by atoms with van der Waals surface area (Å²) >= 11 is 0. The molecule has 0 unspecified atom stereocenters. The number of hydrogen-bond acceptors (Lipinski definition) is 2. The molecule has 0 fully saturated rings. The molecule has 3 N–H and O–H groups in total. The molecule has 0 radical (unpaired) electrons. The molecule has 0 atom stereocenters. The number of alkyl halides is 3. The highest BCUT2D eigenvalue weighted by atomic mass is 19.4. The maximum atomic E-state index is 12.9. The summed E-state index contributed by atoms with van der Waals surface area (Å²) in [6, 6.07) is 14.8. The quantitative estimate of drug-likeness (QED) is 0.641. The Bertz CT molecular complexity index is 875. The number of para-hydroxylation sites is 1. The number of benzene rings is 2. The van der Waals surface area contributed by atoms with Crippen LogP contribution >= 0.6 is 0 Å². The number of aromatic amines is 1. The van der Waals surface area contributed by atoms with E-state index in [1.165, 1.54) is 18.2 Å². The van der Waals surface area contributed by atoms with E-state index in [0.29, 0.717) is 5.69 Å². The van der Waals surface area contributed by atoms with E-state index in [2.05, 4.69) is 20.8 Å². The monoisotopic (exact) mass is 346 g/mol. The largest absolute Gasteiger partial charge is 0.418 e. The minimum Gasteiger partial charge on any atom is -0.307 e. The fraction of sp³-hybridized carbons (Fsp3) is 0.0588. The molecule has 0 saturated heterocycles. The number of nitrogens with one attached hydrogen (secondary N) is 3. The van der Waals surface area contributed by atoms with E-state index in [1.807, 2.05) is 30.3 Å². The SMILES string of the molecule is O=C(Nc1cc(-c2ccccc2)[nH]n1)Nc1ccccc1C(F)(F)F. The van der Waals surface area contributed by atoms with E-state index in [-0.39, 0.29) is 11.5 Å². The summed E-state index contributed by atoms with van der Waals surface area (Å²) in [6.07, 6.45) is -4.56. The molecule has 2 amide bonds. The number of urea groups is 1. The summed E-state index contributed by atoms with van der Waals surface area (Å²) in [5.41, 5.74) is 0.293. The number of aromatic nitrogens is 2. The van der Waals surface area contributed by atoms with E-state index in [1.54, 1.807) is 6.07 Å². The maximum Gasteiger partial charge on any atom is 0.418 e. The number of carbonyl (C=O) groups is 1. The molecule has 5 nitrogen and oxygen atoms in total. The van der Waals surface area contributed by atoms with Gasteiger partial charge in [-0.15, -0.1) is 0 Å². The Morgan fingerprint density at radius 3 is 2.36 bits per heavy atom. The Kier molecular flexibility index (Phi) is 4.42. The fourth-order valence-corrected chi connectivity index (χ4v) is 2.26. The average molecular weight is 346 g/mol. The Morgan fingerprint density at radius 2 is 1.64 bits per heavy atom. The fourth-order valence-electron chi connectivity index (χ4n) is 2.26. The van der Waals surface area contributed by atoms with Gasteiger partial charge >= 0.3 is 12.2 Å². The van der Waals surface area contributed by atoms with Crippen LogP contribution in [-0.4, -0.2) is 16.2 Å². The second-order valence-electron chi connectivity index (χ2n) is 5.16. The van der Waals surface area contributed by atoms with Crippen LogP contribution in [0.5, 0.6) is 0 Å². The predicted molar refractivity (Wildman–Crippen MR) is 88.1 cm³/mol. The van der Waals surface area contributed by atoms with Gasteiger partial charge in [0.25, 0.3) is 0 Å². The Balaban J connectivity index is 1.71. The Hall–Kier alpha value is -3.29. The average Bonchev–Trinajstić information content (AvgIpc) is 3.03. The summed E-state index contributed by atoms with van der Waals surface area (Å²) in [4.78, 5) is 12.0. The topological polar surface area (TPSA) is 69.8 Å². The number of hydrogen-bond donors (Lipinski definition) is 3. The van der Waals surface area contributed by atoms with Crippen LogP contribution in [0.1, 0.15) is 5.56 Å². The molecular formula is C17H13F3N4O. The van der Waals surface area contributed by atoms with Crippen molar-refractivity contribution in [1.29, 1.82) is 0 Å². The summed E-state index contributed by atoms with van der Waals surface area (Å²) in [5, 5.41) is 11.3. The van der Waals surface area contributed by atoms with Crippen LogP contribution in [0.3, 0.4) is 0 Å². The summed E-state index contributed by atoms with van der Waals surface area (Å²) < 4.78 is 38.8. The zero-order chi connectivity index (χ0) is 17.9. The molecule has 3 aromatic rings. The van der Waals surface area contributed by atoms with Crippen LogP contribution < -0.4 is 10.6 Å². The van der Waals surface area contributed by atoms with Gasteiger partial charge in [-0.05, 0) is 17.7 Å². The van der Waals surface area contributed by atoms with Gasteiger partial charge in [0.2, 0.25) is 0 Å². The molecule has 1 heterocycles. The minimum absolute atomic E-state index is 0.195. The molecule has 0 aliphatic carbocycles. The molecule has 0 aliphatic rings. The second-order valence-corrected chi connectivity index (χ2v) is 5.16. The van der Waals surface area contributed by atoms with Gasteiger partial charge in [0, 0.05) is 6.07 Å². The van der Waals surface area contributed by atoms with Gasteiger partial charge in [-0.3, -0.25) is 10.4 Å². The highest BCUT2D eigenvalue weighted by Crippen LogP contribution is 2.34. The van der Waals surface area contributed by atoms with Crippen molar-refractivity contribution in [2.45, 2.75) is 6.18 Å². The molecule has 0 bridgehead atoms. The van der Waals surface area contributed by atoms with Crippen molar-refractivity contribution in [2.75, 3.05) is 10.6 Å².